The molecule has 0 saturated carbocycles. The maximum absolute atomic E-state index is 11.8. The molecule has 1 aromatic rings. The largest absolute Gasteiger partial charge is 0.392 e. The van der Waals surface area contributed by atoms with Crippen LogP contribution in [0.4, 0.5) is 0 Å². The number of benzene rings is 1. The van der Waals surface area contributed by atoms with Gasteiger partial charge < -0.3 is 10.0 Å². The number of aliphatic hydroxyl groups is 1. The molecular formula is C13H19NO2S. The van der Waals surface area contributed by atoms with Crippen LogP contribution < -0.4 is 0 Å². The third-order valence-electron chi connectivity index (χ3n) is 2.61. The van der Waals surface area contributed by atoms with Crippen LogP contribution in [0, 0.1) is 0 Å². The Morgan fingerprint density at radius 1 is 1.29 bits per heavy atom. The van der Waals surface area contributed by atoms with Gasteiger partial charge in [-0.3, -0.25) is 4.79 Å². The van der Waals surface area contributed by atoms with Crippen molar-refractivity contribution in [3.05, 3.63) is 29.8 Å². The number of amides is 1. The molecule has 0 aliphatic rings. The molecule has 1 N–H and O–H groups in total. The highest BCUT2D eigenvalue weighted by Gasteiger charge is 2.10. The predicted molar refractivity (Wildman–Crippen MR) is 71.0 cm³/mol. The van der Waals surface area contributed by atoms with Gasteiger partial charge in [-0.15, -0.1) is 11.8 Å². The van der Waals surface area contributed by atoms with Crippen molar-refractivity contribution in [1.82, 2.24) is 4.90 Å². The molecule has 1 amide bonds. The first-order valence-electron chi connectivity index (χ1n) is 5.82. The highest BCUT2D eigenvalue weighted by atomic mass is 32.2. The maximum atomic E-state index is 11.8. The summed E-state index contributed by atoms with van der Waals surface area (Å²) in [7, 11) is 0. The third kappa shape index (κ3) is 4.06. The summed E-state index contributed by atoms with van der Waals surface area (Å²) >= 11 is 1.49. The molecule has 0 atom stereocenters. The first-order chi connectivity index (χ1) is 8.22. The van der Waals surface area contributed by atoms with E-state index in [9.17, 15) is 9.90 Å². The molecule has 0 fully saturated rings. The molecule has 0 saturated heterocycles. The molecule has 0 unspecified atom stereocenters. The van der Waals surface area contributed by atoms with Crippen LogP contribution in [0.3, 0.4) is 0 Å². The molecule has 4 heteroatoms. The summed E-state index contributed by atoms with van der Waals surface area (Å²) in [6.45, 7) is 5.47. The van der Waals surface area contributed by atoms with E-state index in [0.29, 0.717) is 5.75 Å². The van der Waals surface area contributed by atoms with Crippen molar-refractivity contribution in [1.29, 1.82) is 0 Å². The van der Waals surface area contributed by atoms with E-state index in [-0.39, 0.29) is 12.5 Å². The summed E-state index contributed by atoms with van der Waals surface area (Å²) in [5.74, 6) is 0.575. The predicted octanol–water partition coefficient (Wildman–Crippen LogP) is 2.14. The summed E-state index contributed by atoms with van der Waals surface area (Å²) in [4.78, 5) is 14.6. The van der Waals surface area contributed by atoms with E-state index >= 15 is 0 Å². The second-order valence-electron chi connectivity index (χ2n) is 3.62. The van der Waals surface area contributed by atoms with Gasteiger partial charge >= 0.3 is 0 Å². The van der Waals surface area contributed by atoms with E-state index in [4.69, 9.17) is 0 Å². The SMILES string of the molecule is CCN(CC)C(=O)CSc1ccccc1CO. The quantitative estimate of drug-likeness (QED) is 0.790. The average Bonchev–Trinajstić information content (AvgIpc) is 2.38. The van der Waals surface area contributed by atoms with E-state index in [2.05, 4.69) is 0 Å². The molecular weight excluding hydrogens is 234 g/mol. The van der Waals surface area contributed by atoms with Gasteiger partial charge in [0.2, 0.25) is 5.91 Å². The van der Waals surface area contributed by atoms with Crippen LogP contribution in [0.25, 0.3) is 0 Å². The fourth-order valence-corrected chi connectivity index (χ4v) is 2.54. The lowest BCUT2D eigenvalue weighted by Gasteiger charge is -2.18. The van der Waals surface area contributed by atoms with Gasteiger partial charge in [0.15, 0.2) is 0 Å². The van der Waals surface area contributed by atoms with Crippen molar-refractivity contribution in [2.24, 2.45) is 0 Å². The van der Waals surface area contributed by atoms with Crippen LogP contribution in [0.5, 0.6) is 0 Å². The zero-order valence-electron chi connectivity index (χ0n) is 10.3. The van der Waals surface area contributed by atoms with Crippen LogP contribution in [0.15, 0.2) is 29.2 Å². The monoisotopic (exact) mass is 253 g/mol. The maximum Gasteiger partial charge on any atom is 0.232 e. The van der Waals surface area contributed by atoms with E-state index in [1.54, 1.807) is 0 Å². The van der Waals surface area contributed by atoms with Gasteiger partial charge in [-0.25, -0.2) is 0 Å². The Kier molecular flexibility index (Phi) is 6.08. The fourth-order valence-electron chi connectivity index (χ4n) is 1.58. The molecule has 0 spiro atoms. The van der Waals surface area contributed by atoms with E-state index < -0.39 is 0 Å². The lowest BCUT2D eigenvalue weighted by Crippen LogP contribution is -2.31. The number of hydrogen-bond donors (Lipinski definition) is 1. The van der Waals surface area contributed by atoms with E-state index in [0.717, 1.165) is 23.5 Å². The van der Waals surface area contributed by atoms with Crippen LogP contribution in [-0.2, 0) is 11.4 Å². The summed E-state index contributed by atoms with van der Waals surface area (Å²) in [6.07, 6.45) is 0. The van der Waals surface area contributed by atoms with Crippen molar-refractivity contribution in [3.8, 4) is 0 Å². The minimum Gasteiger partial charge on any atom is -0.392 e. The van der Waals surface area contributed by atoms with Gasteiger partial charge in [-0.1, -0.05) is 18.2 Å². The second kappa shape index (κ2) is 7.35. The Morgan fingerprint density at radius 2 is 1.94 bits per heavy atom. The van der Waals surface area contributed by atoms with Gasteiger partial charge in [0.1, 0.15) is 0 Å². The number of thioether (sulfide) groups is 1. The molecule has 94 valence electrons. The minimum absolute atomic E-state index is 0.0165. The minimum atomic E-state index is 0.0165. The van der Waals surface area contributed by atoms with Crippen molar-refractivity contribution in [3.63, 3.8) is 0 Å². The zero-order chi connectivity index (χ0) is 12.7. The lowest BCUT2D eigenvalue weighted by atomic mass is 10.2. The molecule has 3 nitrogen and oxygen atoms in total. The Balaban J connectivity index is 2.58. The van der Waals surface area contributed by atoms with Crippen molar-refractivity contribution in [2.45, 2.75) is 25.3 Å². The van der Waals surface area contributed by atoms with Crippen LogP contribution in [0.1, 0.15) is 19.4 Å². The summed E-state index contributed by atoms with van der Waals surface area (Å²) in [6, 6.07) is 7.63. The molecule has 0 radical (unpaired) electrons. The first kappa shape index (κ1) is 14.1. The van der Waals surface area contributed by atoms with Crippen LogP contribution in [0.2, 0.25) is 0 Å². The number of carbonyl (C=O) groups is 1. The first-order valence-corrected chi connectivity index (χ1v) is 6.80. The summed E-state index contributed by atoms with van der Waals surface area (Å²) < 4.78 is 0. The number of nitrogens with zero attached hydrogens (tertiary/aromatic N) is 1. The molecule has 0 aliphatic carbocycles. The van der Waals surface area contributed by atoms with Crippen LogP contribution >= 0.6 is 11.8 Å². The molecule has 17 heavy (non-hydrogen) atoms. The number of aliphatic hydroxyl groups excluding tert-OH is 1. The average molecular weight is 253 g/mol. The summed E-state index contributed by atoms with van der Waals surface area (Å²) in [5, 5.41) is 9.18. The Bertz CT molecular complexity index is 364. The second-order valence-corrected chi connectivity index (χ2v) is 4.64. The van der Waals surface area contributed by atoms with Crippen molar-refractivity contribution in [2.75, 3.05) is 18.8 Å². The highest BCUT2D eigenvalue weighted by molar-refractivity contribution is 8.00. The molecule has 1 aromatic carbocycles. The molecule has 0 bridgehead atoms. The zero-order valence-corrected chi connectivity index (χ0v) is 11.2. The van der Waals surface area contributed by atoms with Crippen LogP contribution in [-0.4, -0.2) is 34.8 Å². The third-order valence-corrected chi connectivity index (χ3v) is 3.71. The molecule has 0 aliphatic heterocycles. The number of hydrogen-bond acceptors (Lipinski definition) is 3. The molecule has 0 heterocycles. The Morgan fingerprint density at radius 3 is 2.53 bits per heavy atom. The Hall–Kier alpha value is -1.00. The smallest absolute Gasteiger partial charge is 0.232 e. The molecule has 0 aromatic heterocycles. The Labute approximate surface area is 107 Å². The van der Waals surface area contributed by atoms with Gasteiger partial charge in [0, 0.05) is 18.0 Å². The number of carbonyl (C=O) groups excluding carboxylic acids is 1. The van der Waals surface area contributed by atoms with Crippen molar-refractivity contribution >= 4 is 17.7 Å². The summed E-state index contributed by atoms with van der Waals surface area (Å²) in [5.41, 5.74) is 0.879. The fraction of sp³-hybridized carbons (Fsp3) is 0.462. The van der Waals surface area contributed by atoms with Gasteiger partial charge in [-0.05, 0) is 25.5 Å². The van der Waals surface area contributed by atoms with E-state index in [1.807, 2.05) is 43.0 Å². The van der Waals surface area contributed by atoms with Gasteiger partial charge in [0.25, 0.3) is 0 Å². The normalized spacial score (nSPS) is 10.3. The van der Waals surface area contributed by atoms with Gasteiger partial charge in [-0.2, -0.15) is 0 Å². The van der Waals surface area contributed by atoms with Crippen molar-refractivity contribution < 1.29 is 9.90 Å². The highest BCUT2D eigenvalue weighted by Crippen LogP contribution is 2.22. The number of rotatable bonds is 6. The molecule has 1 rings (SSSR count). The lowest BCUT2D eigenvalue weighted by molar-refractivity contribution is -0.127. The van der Waals surface area contributed by atoms with E-state index in [1.165, 1.54) is 11.8 Å². The topological polar surface area (TPSA) is 40.5 Å². The van der Waals surface area contributed by atoms with Gasteiger partial charge in [0.05, 0.1) is 12.4 Å². The standard InChI is InChI=1S/C13H19NO2S/c1-3-14(4-2)13(16)10-17-12-8-6-5-7-11(12)9-15/h5-8,15H,3-4,9-10H2,1-2H3.